The van der Waals surface area contributed by atoms with Crippen LogP contribution in [-0.2, 0) is 17.8 Å². The Morgan fingerprint density at radius 2 is 2.19 bits per heavy atom. The van der Waals surface area contributed by atoms with E-state index in [1.807, 2.05) is 12.1 Å². The molecule has 2 rings (SSSR count). The Bertz CT molecular complexity index is 543. The van der Waals surface area contributed by atoms with Crippen molar-refractivity contribution in [3.05, 3.63) is 52.4 Å². The Kier molecular flexibility index (Phi) is 6.29. The SMILES string of the molecule is COCCNCc1ccc(N(C)Cc2ccco2)c(Br)c1. The summed E-state index contributed by atoms with van der Waals surface area (Å²) in [7, 11) is 3.76. The molecule has 0 bridgehead atoms. The van der Waals surface area contributed by atoms with E-state index in [1.54, 1.807) is 13.4 Å². The van der Waals surface area contributed by atoms with Crippen molar-refractivity contribution in [1.29, 1.82) is 0 Å². The molecule has 0 aliphatic heterocycles. The molecule has 1 aromatic carbocycles. The van der Waals surface area contributed by atoms with Crippen molar-refractivity contribution < 1.29 is 9.15 Å². The van der Waals surface area contributed by atoms with E-state index in [9.17, 15) is 0 Å². The van der Waals surface area contributed by atoms with E-state index < -0.39 is 0 Å². The standard InChI is InChI=1S/C16H21BrN2O2/c1-19(12-14-4-3-8-21-14)16-6-5-13(10-15(16)17)11-18-7-9-20-2/h3-6,8,10,18H,7,9,11-12H2,1-2H3. The summed E-state index contributed by atoms with van der Waals surface area (Å²) in [5.74, 6) is 0.953. The Balaban J connectivity index is 1.94. The lowest BCUT2D eigenvalue weighted by atomic mass is 10.2. The predicted octanol–water partition coefficient (Wildman–Crippen LogP) is 3.41. The van der Waals surface area contributed by atoms with Gasteiger partial charge in [-0.25, -0.2) is 0 Å². The van der Waals surface area contributed by atoms with Crippen LogP contribution in [0.15, 0.2) is 45.5 Å². The van der Waals surface area contributed by atoms with Crippen molar-refractivity contribution in [2.75, 3.05) is 32.2 Å². The quantitative estimate of drug-likeness (QED) is 0.738. The van der Waals surface area contributed by atoms with Gasteiger partial charge in [-0.3, -0.25) is 0 Å². The second-order valence-corrected chi connectivity index (χ2v) is 5.75. The van der Waals surface area contributed by atoms with Crippen molar-refractivity contribution >= 4 is 21.6 Å². The topological polar surface area (TPSA) is 37.6 Å². The number of nitrogens with zero attached hydrogens (tertiary/aromatic N) is 1. The zero-order chi connectivity index (χ0) is 15.1. The average molecular weight is 353 g/mol. The van der Waals surface area contributed by atoms with Crippen LogP contribution < -0.4 is 10.2 Å². The van der Waals surface area contributed by atoms with Crippen LogP contribution in [-0.4, -0.2) is 27.3 Å². The summed E-state index contributed by atoms with van der Waals surface area (Å²) in [6.07, 6.45) is 1.70. The monoisotopic (exact) mass is 352 g/mol. The van der Waals surface area contributed by atoms with E-state index in [4.69, 9.17) is 9.15 Å². The highest BCUT2D eigenvalue weighted by Gasteiger charge is 2.08. The number of halogens is 1. The van der Waals surface area contributed by atoms with E-state index in [0.29, 0.717) is 0 Å². The van der Waals surface area contributed by atoms with Crippen molar-refractivity contribution in [2.24, 2.45) is 0 Å². The molecule has 5 heteroatoms. The van der Waals surface area contributed by atoms with Gasteiger partial charge in [0.05, 0.1) is 25.1 Å². The summed E-state index contributed by atoms with van der Waals surface area (Å²) >= 11 is 3.65. The molecular formula is C16H21BrN2O2. The Morgan fingerprint density at radius 1 is 1.33 bits per heavy atom. The zero-order valence-corrected chi connectivity index (χ0v) is 14.0. The van der Waals surface area contributed by atoms with Gasteiger partial charge in [-0.05, 0) is 45.8 Å². The second kappa shape index (κ2) is 8.22. The number of rotatable bonds is 8. The van der Waals surface area contributed by atoms with Gasteiger partial charge in [-0.1, -0.05) is 6.07 Å². The van der Waals surface area contributed by atoms with Crippen LogP contribution in [0.2, 0.25) is 0 Å². The van der Waals surface area contributed by atoms with Crippen LogP contribution in [0.1, 0.15) is 11.3 Å². The van der Waals surface area contributed by atoms with Gasteiger partial charge in [0.2, 0.25) is 0 Å². The first-order valence-corrected chi connectivity index (χ1v) is 7.71. The van der Waals surface area contributed by atoms with Crippen LogP contribution in [0, 0.1) is 0 Å². The van der Waals surface area contributed by atoms with Gasteiger partial charge in [0.15, 0.2) is 0 Å². The smallest absolute Gasteiger partial charge is 0.123 e. The fraction of sp³-hybridized carbons (Fsp3) is 0.375. The maximum atomic E-state index is 5.39. The molecule has 0 unspecified atom stereocenters. The molecule has 0 saturated carbocycles. The maximum Gasteiger partial charge on any atom is 0.123 e. The fourth-order valence-electron chi connectivity index (χ4n) is 2.10. The summed E-state index contributed by atoms with van der Waals surface area (Å²) in [4.78, 5) is 2.16. The largest absolute Gasteiger partial charge is 0.467 e. The van der Waals surface area contributed by atoms with E-state index >= 15 is 0 Å². The van der Waals surface area contributed by atoms with Gasteiger partial charge in [-0.15, -0.1) is 0 Å². The number of hydrogen-bond donors (Lipinski definition) is 1. The molecular weight excluding hydrogens is 332 g/mol. The molecule has 0 saturated heterocycles. The van der Waals surface area contributed by atoms with E-state index in [2.05, 4.69) is 51.4 Å². The van der Waals surface area contributed by atoms with Gasteiger partial charge in [0.1, 0.15) is 5.76 Å². The van der Waals surface area contributed by atoms with Crippen LogP contribution in [0.5, 0.6) is 0 Å². The number of benzene rings is 1. The second-order valence-electron chi connectivity index (χ2n) is 4.89. The summed E-state index contributed by atoms with van der Waals surface area (Å²) in [6.45, 7) is 3.17. The fourth-order valence-corrected chi connectivity index (χ4v) is 2.83. The first-order valence-electron chi connectivity index (χ1n) is 6.92. The van der Waals surface area contributed by atoms with Crippen LogP contribution in [0.25, 0.3) is 0 Å². The summed E-state index contributed by atoms with van der Waals surface area (Å²) in [5.41, 5.74) is 2.39. The van der Waals surface area contributed by atoms with Crippen molar-refractivity contribution in [3.63, 3.8) is 0 Å². The summed E-state index contributed by atoms with van der Waals surface area (Å²) in [6, 6.07) is 10.3. The molecule has 0 aliphatic rings. The molecule has 0 amide bonds. The lowest BCUT2D eigenvalue weighted by Gasteiger charge is -2.20. The van der Waals surface area contributed by atoms with E-state index in [1.165, 1.54) is 5.56 Å². The molecule has 0 radical (unpaired) electrons. The summed E-state index contributed by atoms with van der Waals surface area (Å²) in [5, 5.41) is 3.34. The zero-order valence-electron chi connectivity index (χ0n) is 12.4. The molecule has 0 spiro atoms. The van der Waals surface area contributed by atoms with E-state index in [-0.39, 0.29) is 0 Å². The minimum atomic E-state index is 0.727. The molecule has 1 heterocycles. The average Bonchev–Trinajstić information content (AvgIpc) is 2.96. The van der Waals surface area contributed by atoms with Gasteiger partial charge in [-0.2, -0.15) is 0 Å². The molecule has 21 heavy (non-hydrogen) atoms. The molecule has 4 nitrogen and oxygen atoms in total. The van der Waals surface area contributed by atoms with Gasteiger partial charge < -0.3 is 19.4 Å². The molecule has 0 atom stereocenters. The van der Waals surface area contributed by atoms with Gasteiger partial charge in [0.25, 0.3) is 0 Å². The highest BCUT2D eigenvalue weighted by Crippen LogP contribution is 2.27. The maximum absolute atomic E-state index is 5.39. The Morgan fingerprint density at radius 3 is 2.86 bits per heavy atom. The van der Waals surface area contributed by atoms with Crippen molar-refractivity contribution in [3.8, 4) is 0 Å². The van der Waals surface area contributed by atoms with Crippen molar-refractivity contribution in [2.45, 2.75) is 13.1 Å². The number of ether oxygens (including phenoxy) is 1. The third-order valence-electron chi connectivity index (χ3n) is 3.21. The number of furan rings is 1. The Hall–Kier alpha value is -1.30. The molecule has 114 valence electrons. The molecule has 0 fully saturated rings. The predicted molar refractivity (Wildman–Crippen MR) is 88.5 cm³/mol. The normalized spacial score (nSPS) is 10.8. The highest BCUT2D eigenvalue weighted by molar-refractivity contribution is 9.10. The number of anilines is 1. The van der Waals surface area contributed by atoms with Crippen LogP contribution >= 0.6 is 15.9 Å². The minimum Gasteiger partial charge on any atom is -0.467 e. The molecule has 2 aromatic rings. The minimum absolute atomic E-state index is 0.727. The lowest BCUT2D eigenvalue weighted by molar-refractivity contribution is 0.199. The number of nitrogens with one attached hydrogen (secondary N) is 1. The van der Waals surface area contributed by atoms with E-state index in [0.717, 1.165) is 42.2 Å². The first kappa shape index (κ1) is 16.1. The van der Waals surface area contributed by atoms with Crippen LogP contribution in [0.3, 0.4) is 0 Å². The van der Waals surface area contributed by atoms with Crippen LogP contribution in [0.4, 0.5) is 5.69 Å². The number of hydrogen-bond acceptors (Lipinski definition) is 4. The number of methoxy groups -OCH3 is 1. The van der Waals surface area contributed by atoms with Gasteiger partial charge in [0, 0.05) is 31.7 Å². The van der Waals surface area contributed by atoms with Crippen molar-refractivity contribution in [1.82, 2.24) is 5.32 Å². The molecule has 1 aromatic heterocycles. The first-order chi connectivity index (χ1) is 10.2. The Labute approximate surface area is 134 Å². The molecule has 0 aliphatic carbocycles. The summed E-state index contributed by atoms with van der Waals surface area (Å²) < 4.78 is 11.5. The molecule has 1 N–H and O–H groups in total. The third kappa shape index (κ3) is 4.88. The lowest BCUT2D eigenvalue weighted by Crippen LogP contribution is -2.19. The van der Waals surface area contributed by atoms with Gasteiger partial charge >= 0.3 is 0 Å². The third-order valence-corrected chi connectivity index (χ3v) is 3.84. The highest BCUT2D eigenvalue weighted by atomic mass is 79.9.